The van der Waals surface area contributed by atoms with E-state index in [0.29, 0.717) is 0 Å². The van der Waals surface area contributed by atoms with Crippen molar-refractivity contribution >= 4 is 0 Å². The smallest absolute Gasteiger partial charge is 0.0459 e. The fourth-order valence-electron chi connectivity index (χ4n) is 1.88. The monoisotopic (exact) mass is 201 g/mol. The molecule has 0 amide bonds. The van der Waals surface area contributed by atoms with Crippen LogP contribution < -0.4 is 5.32 Å². The maximum Gasteiger partial charge on any atom is 0.0459 e. The minimum absolute atomic E-state index is 0.889. The predicted molar refractivity (Wildman–Crippen MR) is 62.7 cm³/mol. The summed E-state index contributed by atoms with van der Waals surface area (Å²) < 4.78 is 4.69. The van der Waals surface area contributed by atoms with Crippen molar-refractivity contribution in [3.63, 3.8) is 0 Å². The van der Waals surface area contributed by atoms with Gasteiger partial charge in [-0.15, -0.1) is 0 Å². The molecule has 0 radical (unpaired) electrons. The van der Waals surface area contributed by atoms with E-state index in [4.69, 9.17) is 4.74 Å². The van der Waals surface area contributed by atoms with Crippen LogP contribution in [0.5, 0.6) is 0 Å². The van der Waals surface area contributed by atoms with Crippen LogP contribution in [0.25, 0.3) is 0 Å². The highest BCUT2D eigenvalue weighted by molar-refractivity contribution is 4.66. The molecule has 1 rings (SSSR count). The van der Waals surface area contributed by atoms with Gasteiger partial charge in [-0.1, -0.05) is 26.2 Å². The van der Waals surface area contributed by atoms with Crippen molar-refractivity contribution in [2.45, 2.75) is 45.4 Å². The van der Waals surface area contributed by atoms with Crippen LogP contribution in [0.2, 0.25) is 0 Å². The summed E-state index contributed by atoms with van der Waals surface area (Å²) in [6.07, 6.45) is 8.44. The minimum atomic E-state index is 0.889. The van der Waals surface area contributed by atoms with Gasteiger partial charge in [-0.3, -0.25) is 0 Å². The van der Waals surface area contributed by atoms with Gasteiger partial charge in [0, 0.05) is 13.7 Å². The van der Waals surface area contributed by atoms with Crippen LogP contribution in [0.1, 0.15) is 45.4 Å². The Morgan fingerprint density at radius 2 is 1.86 bits per heavy atom. The van der Waals surface area contributed by atoms with Crippen LogP contribution >= 0.6 is 0 Å². The van der Waals surface area contributed by atoms with E-state index in [1.165, 1.54) is 38.6 Å². The first kappa shape index (κ1) is 13.9. The maximum absolute atomic E-state index is 4.69. The highest BCUT2D eigenvalue weighted by atomic mass is 16.5. The van der Waals surface area contributed by atoms with E-state index < -0.39 is 0 Å². The molecule has 2 nitrogen and oxygen atoms in total. The molecule has 0 heterocycles. The fraction of sp³-hybridized carbons (Fsp3) is 1.00. The van der Waals surface area contributed by atoms with E-state index in [0.717, 1.165) is 18.9 Å². The average Bonchev–Trinajstić information content (AvgIpc) is 2.22. The molecule has 1 fully saturated rings. The molecule has 14 heavy (non-hydrogen) atoms. The van der Waals surface area contributed by atoms with E-state index in [1.807, 2.05) is 0 Å². The topological polar surface area (TPSA) is 21.3 Å². The van der Waals surface area contributed by atoms with E-state index >= 15 is 0 Å². The van der Waals surface area contributed by atoms with Crippen LogP contribution in [-0.2, 0) is 4.74 Å². The molecule has 1 saturated carbocycles. The molecule has 1 aliphatic carbocycles. The van der Waals surface area contributed by atoms with Crippen molar-refractivity contribution in [1.82, 2.24) is 5.32 Å². The second-order valence-electron chi connectivity index (χ2n) is 4.05. The molecule has 1 aliphatic rings. The summed E-state index contributed by atoms with van der Waals surface area (Å²) in [5.41, 5.74) is 0. The molecule has 0 unspecified atom stereocenters. The first-order chi connectivity index (χ1) is 6.85. The van der Waals surface area contributed by atoms with Gasteiger partial charge in [-0.2, -0.15) is 0 Å². The summed E-state index contributed by atoms with van der Waals surface area (Å²) in [4.78, 5) is 0. The normalized spacial score (nSPS) is 17.4. The standard InChI is InChI=1S/C8H17N.C4H10O/c1-9-7-8-5-3-2-4-6-8;1-3-4-5-2/h8-9H,2-7H2,1H3;3-4H2,1-2H3. The summed E-state index contributed by atoms with van der Waals surface area (Å²) in [5, 5.41) is 3.24. The third kappa shape index (κ3) is 8.52. The highest BCUT2D eigenvalue weighted by Gasteiger charge is 2.11. The van der Waals surface area contributed by atoms with Crippen LogP contribution in [0.4, 0.5) is 0 Å². The molecule has 1 N–H and O–H groups in total. The molecule has 2 heteroatoms. The zero-order valence-corrected chi connectivity index (χ0v) is 10.1. The Morgan fingerprint density at radius 1 is 1.21 bits per heavy atom. The van der Waals surface area contributed by atoms with Gasteiger partial charge in [0.25, 0.3) is 0 Å². The summed E-state index contributed by atoms with van der Waals surface area (Å²) in [5.74, 6) is 0.990. The number of hydrogen-bond donors (Lipinski definition) is 1. The molecule has 0 atom stereocenters. The van der Waals surface area contributed by atoms with Crippen molar-refractivity contribution in [3.8, 4) is 0 Å². The Labute approximate surface area is 89.4 Å². The lowest BCUT2D eigenvalue weighted by molar-refractivity contribution is 0.199. The molecular formula is C12H27NO. The van der Waals surface area contributed by atoms with E-state index in [1.54, 1.807) is 7.11 Å². The molecule has 0 aromatic carbocycles. The van der Waals surface area contributed by atoms with Crippen molar-refractivity contribution in [2.24, 2.45) is 5.92 Å². The van der Waals surface area contributed by atoms with E-state index in [-0.39, 0.29) is 0 Å². The summed E-state index contributed by atoms with van der Waals surface area (Å²) in [6.45, 7) is 4.21. The van der Waals surface area contributed by atoms with Crippen molar-refractivity contribution in [3.05, 3.63) is 0 Å². The largest absolute Gasteiger partial charge is 0.385 e. The van der Waals surface area contributed by atoms with E-state index in [9.17, 15) is 0 Å². The van der Waals surface area contributed by atoms with Gasteiger partial charge < -0.3 is 10.1 Å². The van der Waals surface area contributed by atoms with Gasteiger partial charge in [0.1, 0.15) is 0 Å². The third-order valence-electron chi connectivity index (χ3n) is 2.63. The van der Waals surface area contributed by atoms with Gasteiger partial charge in [0.15, 0.2) is 0 Å². The Hall–Kier alpha value is -0.0800. The molecule has 0 bridgehead atoms. The van der Waals surface area contributed by atoms with Gasteiger partial charge in [0.2, 0.25) is 0 Å². The molecule has 0 aliphatic heterocycles. The van der Waals surface area contributed by atoms with Crippen molar-refractivity contribution in [2.75, 3.05) is 27.3 Å². The zero-order chi connectivity index (χ0) is 10.6. The number of ether oxygens (including phenoxy) is 1. The third-order valence-corrected chi connectivity index (χ3v) is 2.63. The summed E-state index contributed by atoms with van der Waals surface area (Å²) in [6, 6.07) is 0. The second kappa shape index (κ2) is 11.0. The molecule has 0 aromatic rings. The Morgan fingerprint density at radius 3 is 2.21 bits per heavy atom. The minimum Gasteiger partial charge on any atom is -0.385 e. The summed E-state index contributed by atoms with van der Waals surface area (Å²) >= 11 is 0. The van der Waals surface area contributed by atoms with Crippen LogP contribution in [0.3, 0.4) is 0 Å². The first-order valence-electron chi connectivity index (χ1n) is 5.98. The number of hydrogen-bond acceptors (Lipinski definition) is 2. The van der Waals surface area contributed by atoms with E-state index in [2.05, 4.69) is 19.3 Å². The Bertz CT molecular complexity index is 95.7. The summed E-state index contributed by atoms with van der Waals surface area (Å²) in [7, 11) is 3.76. The molecular weight excluding hydrogens is 174 g/mol. The lowest BCUT2D eigenvalue weighted by Crippen LogP contribution is -2.20. The zero-order valence-electron chi connectivity index (χ0n) is 10.1. The maximum atomic E-state index is 4.69. The van der Waals surface area contributed by atoms with Gasteiger partial charge >= 0.3 is 0 Å². The van der Waals surface area contributed by atoms with Gasteiger partial charge in [-0.25, -0.2) is 0 Å². The quantitative estimate of drug-likeness (QED) is 0.755. The number of methoxy groups -OCH3 is 1. The lowest BCUT2D eigenvalue weighted by Gasteiger charge is -2.20. The lowest BCUT2D eigenvalue weighted by atomic mass is 9.89. The number of nitrogens with one attached hydrogen (secondary N) is 1. The fourth-order valence-corrected chi connectivity index (χ4v) is 1.88. The Kier molecular flexibility index (Phi) is 10.9. The van der Waals surface area contributed by atoms with Gasteiger partial charge in [0.05, 0.1) is 0 Å². The highest BCUT2D eigenvalue weighted by Crippen LogP contribution is 2.22. The van der Waals surface area contributed by atoms with Crippen molar-refractivity contribution in [1.29, 1.82) is 0 Å². The first-order valence-corrected chi connectivity index (χ1v) is 5.98. The van der Waals surface area contributed by atoms with Gasteiger partial charge in [-0.05, 0) is 38.8 Å². The van der Waals surface area contributed by atoms with Crippen LogP contribution in [0.15, 0.2) is 0 Å². The second-order valence-corrected chi connectivity index (χ2v) is 4.05. The molecule has 0 saturated heterocycles. The SMILES string of the molecule is CCCOC.CNCC1CCCCC1. The Balaban J connectivity index is 0.000000292. The molecule has 0 spiro atoms. The van der Waals surface area contributed by atoms with Crippen molar-refractivity contribution < 1.29 is 4.74 Å². The van der Waals surface area contributed by atoms with Crippen LogP contribution in [0, 0.1) is 5.92 Å². The number of rotatable bonds is 4. The average molecular weight is 201 g/mol. The predicted octanol–water partition coefficient (Wildman–Crippen LogP) is 2.83. The molecule has 0 aromatic heterocycles. The molecule has 86 valence electrons. The van der Waals surface area contributed by atoms with Crippen LogP contribution in [-0.4, -0.2) is 27.3 Å².